The molecule has 0 bridgehead atoms. The van der Waals surface area contributed by atoms with E-state index < -0.39 is 0 Å². The zero-order valence-corrected chi connectivity index (χ0v) is 19.1. The minimum absolute atomic E-state index is 0.264. The smallest absolute Gasteiger partial charge is 0.258 e. The first-order chi connectivity index (χ1) is 15.6. The predicted molar refractivity (Wildman–Crippen MR) is 133 cm³/mol. The number of aromatic nitrogens is 1. The number of aliphatic imine (C=N–C) groups is 1. The molecule has 4 rings (SSSR count). The molecule has 0 fully saturated rings. The van der Waals surface area contributed by atoms with Gasteiger partial charge in [0.05, 0.1) is 7.11 Å². The molecule has 0 atom stereocenters. The Kier molecular flexibility index (Phi) is 6.87. The molecule has 162 valence electrons. The van der Waals surface area contributed by atoms with Gasteiger partial charge in [0.15, 0.2) is 0 Å². The fourth-order valence-corrected chi connectivity index (χ4v) is 3.62. The lowest BCUT2D eigenvalue weighted by atomic mass is 10.1. The van der Waals surface area contributed by atoms with Crippen LogP contribution >= 0.6 is 15.9 Å². The number of fused-ring (bicyclic) bond motifs is 1. The molecule has 0 unspecified atom stereocenters. The molecule has 0 aliphatic rings. The Balaban J connectivity index is 1.52. The van der Waals surface area contributed by atoms with Gasteiger partial charge in [-0.1, -0.05) is 40.2 Å². The van der Waals surface area contributed by atoms with Crippen molar-refractivity contribution in [1.82, 2.24) is 10.3 Å². The van der Waals surface area contributed by atoms with E-state index in [4.69, 9.17) is 4.74 Å². The lowest BCUT2D eigenvalue weighted by Gasteiger charge is -2.12. The van der Waals surface area contributed by atoms with Crippen LogP contribution in [-0.4, -0.2) is 30.5 Å². The van der Waals surface area contributed by atoms with Gasteiger partial charge in [0.25, 0.3) is 5.91 Å². The second kappa shape index (κ2) is 10.2. The van der Waals surface area contributed by atoms with Crippen LogP contribution in [0.25, 0.3) is 10.9 Å². The van der Waals surface area contributed by atoms with Gasteiger partial charge in [0, 0.05) is 39.4 Å². The number of hydrogen-bond donors (Lipinski definition) is 3. The highest BCUT2D eigenvalue weighted by Crippen LogP contribution is 2.18. The number of methoxy groups -OCH3 is 1. The quantitative estimate of drug-likeness (QED) is 0.250. The highest BCUT2D eigenvalue weighted by Gasteiger charge is 2.11. The summed E-state index contributed by atoms with van der Waals surface area (Å²) >= 11 is 3.44. The number of H-pyrrole nitrogens is 1. The van der Waals surface area contributed by atoms with Crippen molar-refractivity contribution in [2.75, 3.05) is 19.0 Å². The van der Waals surface area contributed by atoms with Crippen molar-refractivity contribution in [3.63, 3.8) is 0 Å². The summed E-state index contributed by atoms with van der Waals surface area (Å²) in [5, 5.41) is 7.29. The van der Waals surface area contributed by atoms with Gasteiger partial charge in [-0.05, 0) is 60.5 Å². The second-order valence-electron chi connectivity index (χ2n) is 7.16. The number of nitrogens with one attached hydrogen (secondary N) is 3. The van der Waals surface area contributed by atoms with E-state index in [0.717, 1.165) is 22.1 Å². The Hall–Kier alpha value is -3.58. The van der Waals surface area contributed by atoms with Crippen LogP contribution in [-0.2, 0) is 6.42 Å². The number of ether oxygens (including phenoxy) is 1. The molecule has 1 amide bonds. The summed E-state index contributed by atoms with van der Waals surface area (Å²) in [5.41, 5.74) is 3.61. The highest BCUT2D eigenvalue weighted by atomic mass is 79.9. The number of hydrogen-bond acceptors (Lipinski definition) is 3. The maximum absolute atomic E-state index is 12.8. The average Bonchev–Trinajstić information content (AvgIpc) is 3.23. The molecule has 0 radical (unpaired) electrons. The van der Waals surface area contributed by atoms with Gasteiger partial charge in [-0.3, -0.25) is 15.1 Å². The maximum atomic E-state index is 12.8. The van der Waals surface area contributed by atoms with Crippen LogP contribution in [0.3, 0.4) is 0 Å². The fourth-order valence-electron chi connectivity index (χ4n) is 3.35. The van der Waals surface area contributed by atoms with Crippen LogP contribution < -0.4 is 15.4 Å². The van der Waals surface area contributed by atoms with Crippen molar-refractivity contribution < 1.29 is 9.53 Å². The van der Waals surface area contributed by atoms with Crippen molar-refractivity contribution in [2.24, 2.45) is 4.99 Å². The number of halogens is 1. The number of nitrogens with zero attached hydrogens (tertiary/aromatic N) is 1. The molecule has 32 heavy (non-hydrogen) atoms. The molecule has 0 aliphatic heterocycles. The molecule has 3 aromatic carbocycles. The van der Waals surface area contributed by atoms with E-state index in [9.17, 15) is 4.79 Å². The fraction of sp³-hybridized carbons (Fsp3) is 0.120. The van der Waals surface area contributed by atoms with Gasteiger partial charge in [0.1, 0.15) is 5.75 Å². The van der Waals surface area contributed by atoms with Gasteiger partial charge >= 0.3 is 0 Å². The normalized spacial score (nSPS) is 11.4. The van der Waals surface area contributed by atoms with Gasteiger partial charge < -0.3 is 15.0 Å². The van der Waals surface area contributed by atoms with Gasteiger partial charge in [-0.2, -0.15) is 0 Å². The Morgan fingerprint density at radius 3 is 2.69 bits per heavy atom. The van der Waals surface area contributed by atoms with Crippen molar-refractivity contribution >= 4 is 44.4 Å². The van der Waals surface area contributed by atoms with Crippen LogP contribution in [0.4, 0.5) is 5.69 Å². The van der Waals surface area contributed by atoms with E-state index in [0.29, 0.717) is 23.8 Å². The molecule has 1 aromatic heterocycles. The molecular formula is C25H23BrN4O2. The molecule has 0 spiro atoms. The number of benzene rings is 3. The number of carbonyl (C=O) groups excluding carboxylic acids is 1. The Morgan fingerprint density at radius 2 is 1.88 bits per heavy atom. The van der Waals surface area contributed by atoms with Crippen molar-refractivity contribution in [3.05, 3.63) is 94.6 Å². The number of guanidine groups is 1. The number of amides is 1. The van der Waals surface area contributed by atoms with Crippen LogP contribution in [0.5, 0.6) is 5.75 Å². The first-order valence-corrected chi connectivity index (χ1v) is 11.0. The highest BCUT2D eigenvalue weighted by molar-refractivity contribution is 9.10. The first-order valence-electron chi connectivity index (χ1n) is 10.2. The molecule has 0 aliphatic carbocycles. The molecule has 1 heterocycles. The molecule has 7 heteroatoms. The van der Waals surface area contributed by atoms with Crippen molar-refractivity contribution in [3.8, 4) is 5.75 Å². The molecule has 6 nitrogen and oxygen atoms in total. The van der Waals surface area contributed by atoms with Crippen LogP contribution in [0.15, 0.2) is 88.5 Å². The first kappa shape index (κ1) is 21.6. The minimum atomic E-state index is -0.264. The molecule has 4 aromatic rings. The van der Waals surface area contributed by atoms with E-state index >= 15 is 0 Å². The number of aromatic amines is 1. The van der Waals surface area contributed by atoms with Crippen LogP contribution in [0, 0.1) is 0 Å². The summed E-state index contributed by atoms with van der Waals surface area (Å²) in [6, 6.07) is 22.9. The third-order valence-electron chi connectivity index (χ3n) is 5.00. The van der Waals surface area contributed by atoms with E-state index in [1.54, 1.807) is 31.4 Å². The summed E-state index contributed by atoms with van der Waals surface area (Å²) in [6.07, 6.45) is 2.75. The largest absolute Gasteiger partial charge is 0.497 e. The van der Waals surface area contributed by atoms with Crippen molar-refractivity contribution in [1.29, 1.82) is 0 Å². The Morgan fingerprint density at radius 1 is 1.06 bits per heavy atom. The van der Waals surface area contributed by atoms with E-state index in [1.807, 2.05) is 42.6 Å². The lowest BCUT2D eigenvalue weighted by Crippen LogP contribution is -2.36. The van der Waals surface area contributed by atoms with E-state index in [2.05, 4.69) is 48.7 Å². The van der Waals surface area contributed by atoms with Crippen LogP contribution in [0.2, 0.25) is 0 Å². The van der Waals surface area contributed by atoms with E-state index in [-0.39, 0.29) is 5.91 Å². The summed E-state index contributed by atoms with van der Waals surface area (Å²) in [4.78, 5) is 20.8. The zero-order valence-electron chi connectivity index (χ0n) is 17.6. The number of carbonyl (C=O) groups is 1. The average molecular weight is 491 g/mol. The Labute approximate surface area is 194 Å². The zero-order chi connectivity index (χ0) is 22.3. The third kappa shape index (κ3) is 5.36. The molecule has 3 N–H and O–H groups in total. The summed E-state index contributed by atoms with van der Waals surface area (Å²) in [7, 11) is 1.57. The van der Waals surface area contributed by atoms with Crippen LogP contribution in [0.1, 0.15) is 15.9 Å². The summed E-state index contributed by atoms with van der Waals surface area (Å²) in [6.45, 7) is 0.513. The van der Waals surface area contributed by atoms with Crippen molar-refractivity contribution in [2.45, 2.75) is 6.42 Å². The van der Waals surface area contributed by atoms with Gasteiger partial charge in [-0.25, -0.2) is 0 Å². The minimum Gasteiger partial charge on any atom is -0.497 e. The number of anilines is 1. The van der Waals surface area contributed by atoms with E-state index in [1.165, 1.54) is 10.9 Å². The standard InChI is InChI=1S/C25H23BrN4O2/c1-32-21-6-4-5-17(15-21)24(31)30-25(29-20-11-9-19(26)10-12-20)27-14-13-18-16-28-23-8-3-2-7-22(18)23/h2-12,15-16,28H,13-14H2,1H3,(H2,27,29,30,31). The lowest BCUT2D eigenvalue weighted by molar-refractivity contribution is 0.0976. The van der Waals surface area contributed by atoms with Gasteiger partial charge in [-0.15, -0.1) is 0 Å². The molecule has 0 saturated carbocycles. The number of para-hydroxylation sites is 1. The monoisotopic (exact) mass is 490 g/mol. The predicted octanol–water partition coefficient (Wildman–Crippen LogP) is 5.38. The summed E-state index contributed by atoms with van der Waals surface area (Å²) in [5.74, 6) is 0.746. The maximum Gasteiger partial charge on any atom is 0.258 e. The topological polar surface area (TPSA) is 78.5 Å². The third-order valence-corrected chi connectivity index (χ3v) is 5.53. The van der Waals surface area contributed by atoms with Gasteiger partial charge in [0.2, 0.25) is 5.96 Å². The summed E-state index contributed by atoms with van der Waals surface area (Å²) < 4.78 is 6.20. The molecular weight excluding hydrogens is 468 g/mol. The number of rotatable bonds is 6. The second-order valence-corrected chi connectivity index (χ2v) is 8.07. The SMILES string of the molecule is COc1cccc(C(=O)NC(=NCCc2c[nH]c3ccccc23)Nc2ccc(Br)cc2)c1. The Bertz CT molecular complexity index is 1250. The molecule has 0 saturated heterocycles.